The van der Waals surface area contributed by atoms with Gasteiger partial charge in [-0.2, -0.15) is 0 Å². The number of aromatic nitrogens is 3. The van der Waals surface area contributed by atoms with E-state index in [0.717, 1.165) is 40.7 Å². The first-order chi connectivity index (χ1) is 16.1. The van der Waals surface area contributed by atoms with Crippen LogP contribution in [0.2, 0.25) is 0 Å². The van der Waals surface area contributed by atoms with Crippen LogP contribution in [0.15, 0.2) is 73.2 Å². The van der Waals surface area contributed by atoms with Crippen molar-refractivity contribution in [2.24, 2.45) is 11.8 Å². The number of imidazole rings is 1. The minimum absolute atomic E-state index is 0.154. The molecule has 2 bridgehead atoms. The van der Waals surface area contributed by atoms with E-state index >= 15 is 0 Å². The molecule has 3 atom stereocenters. The maximum Gasteiger partial charge on any atom is 0.287 e. The number of fused-ring (bicyclic) bond motifs is 3. The summed E-state index contributed by atoms with van der Waals surface area (Å²) in [7, 11) is 0. The molecular formula is C27H23FN4O. The van der Waals surface area contributed by atoms with Gasteiger partial charge in [0.25, 0.3) is 5.91 Å². The fraction of sp³-hybridized carbons (Fsp3) is 0.222. The number of pyridine rings is 2. The second-order valence-corrected chi connectivity index (χ2v) is 9.02. The smallest absolute Gasteiger partial charge is 0.287 e. The fourth-order valence-electron chi connectivity index (χ4n) is 5.16. The second kappa shape index (κ2) is 7.66. The van der Waals surface area contributed by atoms with Crippen molar-refractivity contribution in [2.75, 3.05) is 0 Å². The maximum atomic E-state index is 13.8. The zero-order valence-corrected chi connectivity index (χ0v) is 18.2. The number of carbonyl (C=O) groups is 1. The van der Waals surface area contributed by atoms with E-state index in [1.54, 1.807) is 31.5 Å². The number of nitrogens with one attached hydrogen (secondary N) is 1. The molecule has 1 N–H and O–H groups in total. The lowest BCUT2D eigenvalue weighted by Gasteiger charge is -2.19. The van der Waals surface area contributed by atoms with Gasteiger partial charge in [-0.3, -0.25) is 14.2 Å². The number of hydrogen-bond acceptors (Lipinski definition) is 3. The van der Waals surface area contributed by atoms with Crippen LogP contribution in [0.3, 0.4) is 0 Å². The number of carbonyl (C=O) groups excluding carboxylic acids is 1. The lowest BCUT2D eigenvalue weighted by Crippen LogP contribution is -2.38. The highest BCUT2D eigenvalue weighted by molar-refractivity contribution is 5.92. The Hall–Kier alpha value is -3.80. The molecule has 2 unspecified atom stereocenters. The number of amides is 1. The molecule has 0 aliphatic heterocycles. The van der Waals surface area contributed by atoms with Crippen LogP contribution in [0, 0.1) is 24.6 Å². The second-order valence-electron chi connectivity index (χ2n) is 9.02. The molecule has 2 aliphatic carbocycles. The van der Waals surface area contributed by atoms with Crippen molar-refractivity contribution < 1.29 is 9.18 Å². The zero-order chi connectivity index (χ0) is 22.5. The first-order valence-corrected chi connectivity index (χ1v) is 11.2. The highest BCUT2D eigenvalue weighted by Gasteiger charge is 2.36. The summed E-state index contributed by atoms with van der Waals surface area (Å²) < 4.78 is 15.7. The third kappa shape index (κ3) is 3.42. The van der Waals surface area contributed by atoms with Gasteiger partial charge in [-0.1, -0.05) is 24.3 Å². The van der Waals surface area contributed by atoms with Gasteiger partial charge in [0.1, 0.15) is 5.82 Å². The first kappa shape index (κ1) is 19.9. The number of nitrogens with zero attached hydrogens (tertiary/aromatic N) is 3. The highest BCUT2D eigenvalue weighted by atomic mass is 19.1. The van der Waals surface area contributed by atoms with Crippen LogP contribution < -0.4 is 5.32 Å². The van der Waals surface area contributed by atoms with Gasteiger partial charge >= 0.3 is 0 Å². The van der Waals surface area contributed by atoms with Gasteiger partial charge in [-0.25, -0.2) is 9.37 Å². The number of hydrogen-bond donors (Lipinski definition) is 1. The minimum atomic E-state index is -0.238. The van der Waals surface area contributed by atoms with E-state index in [1.165, 1.54) is 6.07 Å². The standard InChI is InChI=1S/C27H23FN4O/c1-16-11-19(7-9-23(16)28)25-22(3-2-10-29-25)20-6-8-21-14-30-26(32(21)15-20)27(33)31-24-13-17-4-5-18(24)12-17/h2-11,14-15,17-18,24H,12-13H2,1H3,(H,31,33)/t17?,18?,24-/m0/s1. The molecule has 0 saturated heterocycles. The minimum Gasteiger partial charge on any atom is -0.346 e. The number of benzene rings is 1. The van der Waals surface area contributed by atoms with Crippen molar-refractivity contribution in [1.82, 2.24) is 19.7 Å². The Balaban J connectivity index is 1.37. The molecule has 6 heteroatoms. The molecule has 1 fully saturated rings. The van der Waals surface area contributed by atoms with Gasteiger partial charge in [0, 0.05) is 35.1 Å². The summed E-state index contributed by atoms with van der Waals surface area (Å²) in [5.41, 5.74) is 4.84. The Morgan fingerprint density at radius 2 is 1.97 bits per heavy atom. The number of allylic oxidation sites excluding steroid dienone is 1. The molecule has 2 aliphatic rings. The number of aryl methyl sites for hydroxylation is 1. The van der Waals surface area contributed by atoms with Crippen molar-refractivity contribution >= 4 is 11.4 Å². The van der Waals surface area contributed by atoms with E-state index < -0.39 is 0 Å². The van der Waals surface area contributed by atoms with Crippen LogP contribution >= 0.6 is 0 Å². The van der Waals surface area contributed by atoms with Crippen molar-refractivity contribution in [1.29, 1.82) is 0 Å². The third-order valence-electron chi connectivity index (χ3n) is 6.88. The molecule has 4 aromatic rings. The van der Waals surface area contributed by atoms with Crippen LogP contribution in [0.25, 0.3) is 27.9 Å². The topological polar surface area (TPSA) is 59.3 Å². The van der Waals surface area contributed by atoms with Crippen molar-refractivity contribution in [3.63, 3.8) is 0 Å². The lowest BCUT2D eigenvalue weighted by molar-refractivity contribution is 0.0920. The Morgan fingerprint density at radius 1 is 1.09 bits per heavy atom. The first-order valence-electron chi connectivity index (χ1n) is 11.2. The summed E-state index contributed by atoms with van der Waals surface area (Å²) in [6.07, 6.45) is 12.0. The third-order valence-corrected chi connectivity index (χ3v) is 6.88. The van der Waals surface area contributed by atoms with E-state index in [9.17, 15) is 9.18 Å². The predicted molar refractivity (Wildman–Crippen MR) is 125 cm³/mol. The highest BCUT2D eigenvalue weighted by Crippen LogP contribution is 2.39. The fourth-order valence-corrected chi connectivity index (χ4v) is 5.16. The van der Waals surface area contributed by atoms with E-state index in [4.69, 9.17) is 0 Å². The van der Waals surface area contributed by atoms with Crippen LogP contribution in [-0.4, -0.2) is 26.3 Å². The quantitative estimate of drug-likeness (QED) is 0.445. The summed E-state index contributed by atoms with van der Waals surface area (Å²) >= 11 is 0. The Kier molecular flexibility index (Phi) is 4.61. The number of halogens is 1. The molecule has 164 valence electrons. The van der Waals surface area contributed by atoms with E-state index in [1.807, 2.05) is 34.9 Å². The maximum absolute atomic E-state index is 13.8. The van der Waals surface area contributed by atoms with Gasteiger partial charge < -0.3 is 5.32 Å². The monoisotopic (exact) mass is 438 g/mol. The zero-order valence-electron chi connectivity index (χ0n) is 18.2. The molecule has 5 nitrogen and oxygen atoms in total. The van der Waals surface area contributed by atoms with Crippen LogP contribution in [0.1, 0.15) is 29.0 Å². The van der Waals surface area contributed by atoms with E-state index in [-0.39, 0.29) is 17.8 Å². The molecule has 3 heterocycles. The molecule has 1 saturated carbocycles. The Labute approximate surface area is 191 Å². The van der Waals surface area contributed by atoms with Crippen molar-refractivity contribution in [3.8, 4) is 22.4 Å². The van der Waals surface area contributed by atoms with E-state index in [2.05, 4.69) is 27.4 Å². The summed E-state index contributed by atoms with van der Waals surface area (Å²) in [5.74, 6) is 0.999. The normalized spacial score (nSPS) is 21.1. The SMILES string of the molecule is Cc1cc(-c2ncccc2-c2ccc3cnc(C(=O)N[C@H]4CC5C=CC4C5)n3c2)ccc1F. The largest absolute Gasteiger partial charge is 0.346 e. The molecule has 33 heavy (non-hydrogen) atoms. The molecule has 1 amide bonds. The average molecular weight is 439 g/mol. The summed E-state index contributed by atoms with van der Waals surface area (Å²) in [6, 6.07) is 13.0. The Bertz CT molecular complexity index is 1420. The molecular weight excluding hydrogens is 415 g/mol. The van der Waals surface area contributed by atoms with Gasteiger partial charge in [0.2, 0.25) is 5.82 Å². The van der Waals surface area contributed by atoms with Gasteiger partial charge in [0.05, 0.1) is 17.4 Å². The van der Waals surface area contributed by atoms with Crippen LogP contribution in [0.4, 0.5) is 4.39 Å². The van der Waals surface area contributed by atoms with Crippen LogP contribution in [-0.2, 0) is 0 Å². The molecule has 0 radical (unpaired) electrons. The summed E-state index contributed by atoms with van der Waals surface area (Å²) in [6.45, 7) is 1.75. The summed E-state index contributed by atoms with van der Waals surface area (Å²) in [5, 5.41) is 3.19. The predicted octanol–water partition coefficient (Wildman–Crippen LogP) is 5.21. The molecule has 3 aromatic heterocycles. The van der Waals surface area contributed by atoms with Gasteiger partial charge in [-0.05, 0) is 67.5 Å². The van der Waals surface area contributed by atoms with Gasteiger partial charge in [-0.15, -0.1) is 0 Å². The van der Waals surface area contributed by atoms with Crippen molar-refractivity contribution in [3.05, 3.63) is 90.4 Å². The molecule has 0 spiro atoms. The van der Waals surface area contributed by atoms with E-state index in [0.29, 0.717) is 23.2 Å². The van der Waals surface area contributed by atoms with Crippen molar-refractivity contribution in [2.45, 2.75) is 25.8 Å². The van der Waals surface area contributed by atoms with Crippen LogP contribution in [0.5, 0.6) is 0 Å². The molecule has 6 rings (SSSR count). The Morgan fingerprint density at radius 3 is 2.76 bits per heavy atom. The number of rotatable bonds is 4. The average Bonchev–Trinajstić information content (AvgIpc) is 3.56. The summed E-state index contributed by atoms with van der Waals surface area (Å²) in [4.78, 5) is 22.1. The lowest BCUT2D eigenvalue weighted by atomic mass is 9.99. The van der Waals surface area contributed by atoms with Gasteiger partial charge in [0.15, 0.2) is 0 Å². The molecule has 1 aromatic carbocycles.